The highest BCUT2D eigenvalue weighted by Crippen LogP contribution is 2.21. The molecule has 1 unspecified atom stereocenters. The molecule has 124 valence electrons. The molecule has 0 aromatic carbocycles. The number of amides is 1. The zero-order chi connectivity index (χ0) is 16.9. The predicted octanol–water partition coefficient (Wildman–Crippen LogP) is 1.87. The number of carbonyl (C=O) groups is 1. The van der Waals surface area contributed by atoms with Gasteiger partial charge in [0.25, 0.3) is 0 Å². The van der Waals surface area contributed by atoms with Gasteiger partial charge >= 0.3 is 0 Å². The highest BCUT2D eigenvalue weighted by Gasteiger charge is 2.24. The van der Waals surface area contributed by atoms with Crippen molar-refractivity contribution in [3.63, 3.8) is 0 Å². The van der Waals surface area contributed by atoms with Crippen molar-refractivity contribution in [3.8, 4) is 17.6 Å². The van der Waals surface area contributed by atoms with Crippen LogP contribution in [0.2, 0.25) is 0 Å². The number of likely N-dealkylation sites (tertiary alicyclic amines) is 1. The maximum absolute atomic E-state index is 11.9. The number of hydrogen-bond donors (Lipinski definition) is 1. The summed E-state index contributed by atoms with van der Waals surface area (Å²) in [5.41, 5.74) is 2.63. The Morgan fingerprint density at radius 1 is 1.38 bits per heavy atom. The van der Waals surface area contributed by atoms with E-state index in [1.807, 2.05) is 13.0 Å². The molecule has 0 spiro atoms. The Morgan fingerprint density at radius 2 is 2.25 bits per heavy atom. The number of aryl methyl sites for hydroxylation is 1. The highest BCUT2D eigenvalue weighted by atomic mass is 16.2. The number of piperidine rings is 1. The Morgan fingerprint density at radius 3 is 2.92 bits per heavy atom. The molecule has 1 aliphatic rings. The van der Waals surface area contributed by atoms with Gasteiger partial charge in [0.15, 0.2) is 5.82 Å². The van der Waals surface area contributed by atoms with Crippen molar-refractivity contribution in [1.82, 2.24) is 24.8 Å². The summed E-state index contributed by atoms with van der Waals surface area (Å²) < 4.78 is 0. The highest BCUT2D eigenvalue weighted by molar-refractivity contribution is 5.78. The summed E-state index contributed by atoms with van der Waals surface area (Å²) in [4.78, 5) is 30.0. The van der Waals surface area contributed by atoms with Crippen LogP contribution in [0.25, 0.3) is 11.5 Å². The first-order valence-electron chi connectivity index (χ1n) is 8.13. The molecule has 0 bridgehead atoms. The van der Waals surface area contributed by atoms with E-state index >= 15 is 0 Å². The first kappa shape index (κ1) is 16.1. The predicted molar refractivity (Wildman–Crippen MR) is 87.6 cm³/mol. The van der Waals surface area contributed by atoms with Crippen molar-refractivity contribution in [2.45, 2.75) is 32.6 Å². The number of nitriles is 1. The third-order valence-corrected chi connectivity index (χ3v) is 4.25. The van der Waals surface area contributed by atoms with Crippen molar-refractivity contribution in [2.75, 3.05) is 13.1 Å². The zero-order valence-electron chi connectivity index (χ0n) is 13.7. The van der Waals surface area contributed by atoms with Gasteiger partial charge in [-0.25, -0.2) is 9.97 Å². The second-order valence-corrected chi connectivity index (χ2v) is 6.19. The summed E-state index contributed by atoms with van der Waals surface area (Å²) in [5, 5.41) is 8.67. The minimum Gasteiger partial charge on any atom is -0.342 e. The van der Waals surface area contributed by atoms with Gasteiger partial charge in [-0.1, -0.05) is 0 Å². The van der Waals surface area contributed by atoms with Crippen molar-refractivity contribution in [2.24, 2.45) is 5.92 Å². The Balaban J connectivity index is 1.61. The Hall–Kier alpha value is -2.75. The van der Waals surface area contributed by atoms with Gasteiger partial charge in [-0.2, -0.15) is 5.26 Å². The van der Waals surface area contributed by atoms with Crippen LogP contribution in [0.1, 0.15) is 30.7 Å². The van der Waals surface area contributed by atoms with E-state index in [-0.39, 0.29) is 12.3 Å². The molecule has 1 fully saturated rings. The number of aromatic amines is 1. The van der Waals surface area contributed by atoms with Gasteiger partial charge in [0.2, 0.25) is 5.91 Å². The fraction of sp³-hybridized carbons (Fsp3) is 0.471. The number of rotatable bonds is 4. The fourth-order valence-electron chi connectivity index (χ4n) is 3.06. The molecule has 1 amide bonds. The van der Waals surface area contributed by atoms with Crippen molar-refractivity contribution in [3.05, 3.63) is 30.0 Å². The molecule has 1 N–H and O–H groups in total. The van der Waals surface area contributed by atoms with Gasteiger partial charge in [-0.05, 0) is 32.1 Å². The van der Waals surface area contributed by atoms with Crippen LogP contribution < -0.4 is 0 Å². The van der Waals surface area contributed by atoms with Crippen LogP contribution in [0.15, 0.2) is 18.6 Å². The number of carbonyl (C=O) groups excluding carboxylic acids is 1. The van der Waals surface area contributed by atoms with Gasteiger partial charge in [0.05, 0.1) is 18.0 Å². The van der Waals surface area contributed by atoms with Crippen LogP contribution in [-0.2, 0) is 11.2 Å². The molecule has 24 heavy (non-hydrogen) atoms. The van der Waals surface area contributed by atoms with Gasteiger partial charge in [-0.15, -0.1) is 0 Å². The lowest BCUT2D eigenvalue weighted by atomic mass is 9.93. The van der Waals surface area contributed by atoms with Crippen LogP contribution in [0, 0.1) is 24.2 Å². The summed E-state index contributed by atoms with van der Waals surface area (Å²) >= 11 is 0. The molecule has 0 radical (unpaired) electrons. The first-order chi connectivity index (χ1) is 11.7. The molecule has 0 aliphatic carbocycles. The number of nitrogens with one attached hydrogen (secondary N) is 1. The number of nitrogens with zero attached hydrogens (tertiary/aromatic N) is 5. The maximum atomic E-state index is 11.9. The van der Waals surface area contributed by atoms with E-state index in [1.165, 1.54) is 0 Å². The normalized spacial score (nSPS) is 17.5. The van der Waals surface area contributed by atoms with E-state index in [4.69, 9.17) is 5.26 Å². The topological polar surface area (TPSA) is 98.6 Å². The summed E-state index contributed by atoms with van der Waals surface area (Å²) in [5.74, 6) is 1.02. The van der Waals surface area contributed by atoms with Crippen molar-refractivity contribution >= 4 is 5.91 Å². The lowest BCUT2D eigenvalue weighted by molar-refractivity contribution is -0.131. The SMILES string of the molecule is Cc1cnc(-c2cnc(CC3CCCN(C(=O)CC#N)C3)cn2)[nH]1. The van der Waals surface area contributed by atoms with Gasteiger partial charge < -0.3 is 9.88 Å². The minimum atomic E-state index is -0.0724. The summed E-state index contributed by atoms with van der Waals surface area (Å²) in [6, 6.07) is 1.93. The maximum Gasteiger partial charge on any atom is 0.236 e. The largest absolute Gasteiger partial charge is 0.342 e. The molecule has 3 heterocycles. The minimum absolute atomic E-state index is 0.0379. The summed E-state index contributed by atoms with van der Waals surface area (Å²) in [6.45, 7) is 3.39. The molecular formula is C17H20N6O. The molecule has 0 saturated carbocycles. The van der Waals surface area contributed by atoms with Gasteiger partial charge in [0, 0.05) is 31.2 Å². The third-order valence-electron chi connectivity index (χ3n) is 4.25. The lowest BCUT2D eigenvalue weighted by Gasteiger charge is -2.32. The van der Waals surface area contributed by atoms with E-state index in [0.717, 1.165) is 48.7 Å². The second kappa shape index (κ2) is 7.21. The molecule has 7 nitrogen and oxygen atoms in total. The number of aromatic nitrogens is 4. The van der Waals surface area contributed by atoms with Crippen LogP contribution in [0.4, 0.5) is 0 Å². The van der Waals surface area contributed by atoms with Crippen LogP contribution in [0.5, 0.6) is 0 Å². The molecule has 1 aliphatic heterocycles. The fourth-order valence-corrected chi connectivity index (χ4v) is 3.06. The number of hydrogen-bond acceptors (Lipinski definition) is 5. The van der Waals surface area contributed by atoms with Crippen molar-refractivity contribution < 1.29 is 4.79 Å². The smallest absolute Gasteiger partial charge is 0.236 e. The second-order valence-electron chi connectivity index (χ2n) is 6.19. The average molecular weight is 324 g/mol. The quantitative estimate of drug-likeness (QED) is 0.925. The molecule has 2 aromatic heterocycles. The van der Waals surface area contributed by atoms with E-state index in [9.17, 15) is 4.79 Å². The van der Waals surface area contributed by atoms with Crippen LogP contribution >= 0.6 is 0 Å². The average Bonchev–Trinajstić information content (AvgIpc) is 3.02. The monoisotopic (exact) mass is 324 g/mol. The number of H-pyrrole nitrogens is 1. The molecule has 1 atom stereocenters. The van der Waals surface area contributed by atoms with Gasteiger partial charge in [-0.3, -0.25) is 9.78 Å². The van der Waals surface area contributed by atoms with Gasteiger partial charge in [0.1, 0.15) is 12.1 Å². The van der Waals surface area contributed by atoms with E-state index < -0.39 is 0 Å². The Bertz CT molecular complexity index is 745. The lowest BCUT2D eigenvalue weighted by Crippen LogP contribution is -2.40. The number of imidazole rings is 1. The van der Waals surface area contributed by atoms with E-state index in [1.54, 1.807) is 23.5 Å². The Labute approximate surface area is 140 Å². The molecule has 3 rings (SSSR count). The summed E-state index contributed by atoms with van der Waals surface area (Å²) in [6.07, 6.45) is 8.07. The van der Waals surface area contributed by atoms with E-state index in [2.05, 4.69) is 19.9 Å². The molecule has 1 saturated heterocycles. The first-order valence-corrected chi connectivity index (χ1v) is 8.13. The zero-order valence-corrected chi connectivity index (χ0v) is 13.7. The van der Waals surface area contributed by atoms with Crippen molar-refractivity contribution in [1.29, 1.82) is 5.26 Å². The molecule has 7 heteroatoms. The third kappa shape index (κ3) is 3.77. The van der Waals surface area contributed by atoms with Crippen LogP contribution in [0.3, 0.4) is 0 Å². The Kier molecular flexibility index (Phi) is 4.85. The standard InChI is InChI=1S/C17H20N6O/c1-12-8-21-17(22-12)15-10-19-14(9-20-15)7-13-3-2-6-23(11-13)16(24)4-5-18/h8-10,13H,2-4,6-7,11H2,1H3,(H,21,22). The van der Waals surface area contributed by atoms with E-state index in [0.29, 0.717) is 12.5 Å². The summed E-state index contributed by atoms with van der Waals surface area (Å²) in [7, 11) is 0. The molecule has 2 aromatic rings. The molecular weight excluding hydrogens is 304 g/mol. The van der Waals surface area contributed by atoms with Crippen LogP contribution in [-0.4, -0.2) is 43.8 Å².